The molecule has 0 radical (unpaired) electrons. The Bertz CT molecular complexity index is 576. The van der Waals surface area contributed by atoms with E-state index in [0.29, 0.717) is 6.07 Å². The summed E-state index contributed by atoms with van der Waals surface area (Å²) in [6, 6.07) is 4.13. The van der Waals surface area contributed by atoms with Gasteiger partial charge in [0, 0.05) is 12.1 Å². The first-order chi connectivity index (χ1) is 9.24. The standard InChI is InChI=1S/C12H9F3N2O3/c13-12(14,15)9-5-8(2-1-7(9)6-16)17-10(18)3-4-11(19)20/h1-2,5H,3-4H2,(H,17,18)(H,19,20). The number of carboxylic acid groups (broad SMARTS) is 1. The maximum absolute atomic E-state index is 12.7. The van der Waals surface area contributed by atoms with E-state index >= 15 is 0 Å². The minimum Gasteiger partial charge on any atom is -0.481 e. The summed E-state index contributed by atoms with van der Waals surface area (Å²) in [5, 5.41) is 19.1. The zero-order valence-electron chi connectivity index (χ0n) is 9.99. The molecular weight excluding hydrogens is 277 g/mol. The van der Waals surface area contributed by atoms with Crippen LogP contribution in [-0.2, 0) is 15.8 Å². The summed E-state index contributed by atoms with van der Waals surface area (Å²) in [7, 11) is 0. The van der Waals surface area contributed by atoms with Crippen LogP contribution in [0, 0.1) is 11.3 Å². The molecule has 1 aromatic carbocycles. The summed E-state index contributed by atoms with van der Waals surface area (Å²) in [5.74, 6) is -1.90. The van der Waals surface area contributed by atoms with Crippen molar-refractivity contribution in [2.24, 2.45) is 0 Å². The van der Waals surface area contributed by atoms with Crippen LogP contribution in [0.1, 0.15) is 24.0 Å². The second-order valence-corrected chi connectivity index (χ2v) is 3.81. The maximum Gasteiger partial charge on any atom is 0.417 e. The molecule has 0 aromatic heterocycles. The van der Waals surface area contributed by atoms with Crippen molar-refractivity contribution in [3.63, 3.8) is 0 Å². The van der Waals surface area contributed by atoms with Crippen molar-refractivity contribution in [1.82, 2.24) is 0 Å². The molecule has 0 aliphatic heterocycles. The average molecular weight is 286 g/mol. The largest absolute Gasteiger partial charge is 0.481 e. The second-order valence-electron chi connectivity index (χ2n) is 3.81. The third kappa shape index (κ3) is 4.28. The van der Waals surface area contributed by atoms with Crippen molar-refractivity contribution in [3.05, 3.63) is 29.3 Å². The quantitative estimate of drug-likeness (QED) is 0.889. The number of rotatable bonds is 4. The van der Waals surface area contributed by atoms with E-state index < -0.39 is 35.6 Å². The molecule has 5 nitrogen and oxygen atoms in total. The fourth-order valence-electron chi connectivity index (χ4n) is 1.40. The first kappa shape index (κ1) is 15.5. The Morgan fingerprint density at radius 3 is 2.45 bits per heavy atom. The van der Waals surface area contributed by atoms with Crippen molar-refractivity contribution in [2.45, 2.75) is 19.0 Å². The summed E-state index contributed by atoms with van der Waals surface area (Å²) in [6.45, 7) is 0. The van der Waals surface area contributed by atoms with E-state index in [1.54, 1.807) is 0 Å². The molecule has 1 aromatic rings. The number of anilines is 1. The number of carbonyl (C=O) groups excluding carboxylic acids is 1. The van der Waals surface area contributed by atoms with Crippen molar-refractivity contribution < 1.29 is 27.9 Å². The Labute approximate surface area is 111 Å². The molecule has 0 aliphatic carbocycles. The van der Waals surface area contributed by atoms with Crippen LogP contribution >= 0.6 is 0 Å². The molecule has 0 atom stereocenters. The average Bonchev–Trinajstić information content (AvgIpc) is 2.35. The molecule has 0 spiro atoms. The number of hydrogen-bond donors (Lipinski definition) is 2. The van der Waals surface area contributed by atoms with Crippen molar-refractivity contribution in [3.8, 4) is 6.07 Å². The van der Waals surface area contributed by atoms with Gasteiger partial charge in [-0.3, -0.25) is 9.59 Å². The zero-order valence-corrected chi connectivity index (χ0v) is 9.99. The lowest BCUT2D eigenvalue weighted by atomic mass is 10.1. The summed E-state index contributed by atoms with van der Waals surface area (Å²) >= 11 is 0. The number of amides is 1. The third-order valence-electron chi connectivity index (χ3n) is 2.30. The van der Waals surface area contributed by atoms with E-state index in [9.17, 15) is 22.8 Å². The van der Waals surface area contributed by atoms with Gasteiger partial charge in [0.1, 0.15) is 0 Å². The first-order valence-electron chi connectivity index (χ1n) is 5.37. The van der Waals surface area contributed by atoms with Gasteiger partial charge in [-0.15, -0.1) is 0 Å². The minimum absolute atomic E-state index is 0.147. The number of nitrogens with one attached hydrogen (secondary N) is 1. The number of carbonyl (C=O) groups is 2. The Morgan fingerprint density at radius 2 is 1.95 bits per heavy atom. The number of halogens is 3. The smallest absolute Gasteiger partial charge is 0.417 e. The third-order valence-corrected chi connectivity index (χ3v) is 2.30. The first-order valence-corrected chi connectivity index (χ1v) is 5.37. The molecule has 0 saturated heterocycles. The van der Waals surface area contributed by atoms with Crippen LogP contribution in [0.4, 0.5) is 18.9 Å². The molecule has 0 unspecified atom stereocenters. The summed E-state index contributed by atoms with van der Waals surface area (Å²) in [4.78, 5) is 21.6. The number of benzene rings is 1. The van der Waals surface area contributed by atoms with Gasteiger partial charge in [0.2, 0.25) is 5.91 Å². The molecule has 0 heterocycles. The van der Waals surface area contributed by atoms with E-state index in [-0.39, 0.29) is 12.1 Å². The highest BCUT2D eigenvalue weighted by Crippen LogP contribution is 2.33. The Hall–Kier alpha value is -2.56. The van der Waals surface area contributed by atoms with Crippen molar-refractivity contribution in [1.29, 1.82) is 5.26 Å². The SMILES string of the molecule is N#Cc1ccc(NC(=O)CCC(=O)O)cc1C(F)(F)F. The molecule has 1 rings (SSSR count). The van der Waals surface area contributed by atoms with Gasteiger partial charge in [0.25, 0.3) is 0 Å². The predicted molar refractivity (Wildman–Crippen MR) is 61.7 cm³/mol. The minimum atomic E-state index is -4.72. The van der Waals surface area contributed by atoms with Crippen LogP contribution < -0.4 is 5.32 Å². The van der Waals surface area contributed by atoms with Gasteiger partial charge in [-0.25, -0.2) is 0 Å². The Balaban J connectivity index is 2.91. The van der Waals surface area contributed by atoms with Crippen LogP contribution in [0.3, 0.4) is 0 Å². The molecule has 0 aliphatic rings. The van der Waals surface area contributed by atoms with Gasteiger partial charge in [0.15, 0.2) is 0 Å². The molecule has 0 fully saturated rings. The van der Waals surface area contributed by atoms with Crippen LogP contribution in [-0.4, -0.2) is 17.0 Å². The van der Waals surface area contributed by atoms with Gasteiger partial charge in [-0.1, -0.05) is 0 Å². The molecule has 20 heavy (non-hydrogen) atoms. The zero-order chi connectivity index (χ0) is 15.3. The van der Waals surface area contributed by atoms with Crippen molar-refractivity contribution in [2.75, 3.05) is 5.32 Å². The molecule has 106 valence electrons. The summed E-state index contributed by atoms with van der Waals surface area (Å²) < 4.78 is 38.0. The number of carboxylic acids is 1. The van der Waals surface area contributed by atoms with E-state index in [1.807, 2.05) is 0 Å². The highest BCUT2D eigenvalue weighted by Gasteiger charge is 2.33. The van der Waals surface area contributed by atoms with Crippen LogP contribution in [0.25, 0.3) is 0 Å². The van der Waals surface area contributed by atoms with Crippen LogP contribution in [0.2, 0.25) is 0 Å². The normalized spacial score (nSPS) is 10.7. The number of alkyl halides is 3. The van der Waals surface area contributed by atoms with E-state index in [1.165, 1.54) is 6.07 Å². The molecule has 0 saturated carbocycles. The molecule has 1 amide bonds. The maximum atomic E-state index is 12.7. The Morgan fingerprint density at radius 1 is 1.30 bits per heavy atom. The molecule has 0 bridgehead atoms. The topological polar surface area (TPSA) is 90.2 Å². The molecule has 8 heteroatoms. The van der Waals surface area contributed by atoms with Gasteiger partial charge in [0.05, 0.1) is 23.6 Å². The number of aliphatic carboxylic acids is 1. The van der Waals surface area contributed by atoms with E-state index in [0.717, 1.165) is 12.1 Å². The lowest BCUT2D eigenvalue weighted by Crippen LogP contribution is -2.15. The molecular formula is C12H9F3N2O3. The van der Waals surface area contributed by atoms with E-state index in [4.69, 9.17) is 10.4 Å². The van der Waals surface area contributed by atoms with Gasteiger partial charge >= 0.3 is 12.1 Å². The fraction of sp³-hybridized carbons (Fsp3) is 0.250. The monoisotopic (exact) mass is 286 g/mol. The lowest BCUT2D eigenvalue weighted by Gasteiger charge is -2.11. The number of nitriles is 1. The lowest BCUT2D eigenvalue weighted by molar-refractivity contribution is -0.138. The highest BCUT2D eigenvalue weighted by molar-refractivity contribution is 5.92. The van der Waals surface area contributed by atoms with Crippen molar-refractivity contribution >= 4 is 17.6 Å². The number of hydrogen-bond acceptors (Lipinski definition) is 3. The molecule has 2 N–H and O–H groups in total. The van der Waals surface area contributed by atoms with E-state index in [2.05, 4.69) is 5.32 Å². The van der Waals surface area contributed by atoms with Crippen LogP contribution in [0.15, 0.2) is 18.2 Å². The predicted octanol–water partition coefficient (Wildman–Crippen LogP) is 2.38. The Kier molecular flexibility index (Phi) is 4.69. The van der Waals surface area contributed by atoms with Gasteiger partial charge in [-0.2, -0.15) is 18.4 Å². The fourth-order valence-corrected chi connectivity index (χ4v) is 1.40. The highest BCUT2D eigenvalue weighted by atomic mass is 19.4. The number of nitrogens with zero attached hydrogens (tertiary/aromatic N) is 1. The van der Waals surface area contributed by atoms with Gasteiger partial charge < -0.3 is 10.4 Å². The second kappa shape index (κ2) is 6.06. The van der Waals surface area contributed by atoms with Crippen LogP contribution in [0.5, 0.6) is 0 Å². The summed E-state index contributed by atoms with van der Waals surface area (Å²) in [6.07, 6.45) is -5.49. The summed E-state index contributed by atoms with van der Waals surface area (Å²) in [5.41, 5.74) is -1.86. The van der Waals surface area contributed by atoms with Gasteiger partial charge in [-0.05, 0) is 18.2 Å².